The van der Waals surface area contributed by atoms with Crippen LogP contribution in [0.4, 0.5) is 18.9 Å². The molecule has 1 aromatic heterocycles. The Morgan fingerprint density at radius 3 is 2.38 bits per heavy atom. The van der Waals surface area contributed by atoms with E-state index >= 15 is 0 Å². The van der Waals surface area contributed by atoms with Gasteiger partial charge in [0.2, 0.25) is 5.91 Å². The quantitative estimate of drug-likeness (QED) is 0.424. The number of alkyl halides is 3. The molecule has 0 saturated carbocycles. The smallest absolute Gasteiger partial charge is 0.416 e. The molecule has 1 aliphatic heterocycles. The molecule has 0 saturated heterocycles. The van der Waals surface area contributed by atoms with E-state index in [4.69, 9.17) is 9.15 Å². The van der Waals surface area contributed by atoms with Gasteiger partial charge < -0.3 is 19.4 Å². The van der Waals surface area contributed by atoms with Gasteiger partial charge in [0, 0.05) is 48.3 Å². The second kappa shape index (κ2) is 10.9. The third kappa shape index (κ3) is 6.38. The number of nitrogens with zero attached hydrogens (tertiary/aromatic N) is 1. The van der Waals surface area contributed by atoms with E-state index in [1.807, 2.05) is 6.07 Å². The van der Waals surface area contributed by atoms with Crippen LogP contribution in [-0.4, -0.2) is 35.8 Å². The molecule has 7 nitrogen and oxygen atoms in total. The lowest BCUT2D eigenvalue weighted by atomic mass is 10.1. The molecule has 0 bridgehead atoms. The summed E-state index contributed by atoms with van der Waals surface area (Å²) < 4.78 is 49.2. The van der Waals surface area contributed by atoms with Gasteiger partial charge in [-0.1, -0.05) is 0 Å². The van der Waals surface area contributed by atoms with Gasteiger partial charge in [0.25, 0.3) is 5.91 Å². The van der Waals surface area contributed by atoms with Crippen LogP contribution in [0.25, 0.3) is 11.3 Å². The zero-order valence-corrected chi connectivity index (χ0v) is 20.1. The molecular formula is C27H25F3N2O5. The standard InChI is InChI=1S/C27H25F3N2O5/c1-2-36-25(34)12-11-24(33)31-21-9-5-17(6-10-21)23-15-19-16-32(14-13-22(19)37-23)26(35)18-3-7-20(8-4-18)27(28,29)30/h3-10,15H,2,11-14,16H2,1H3,(H,31,33). The van der Waals surface area contributed by atoms with Gasteiger partial charge in [0.1, 0.15) is 11.5 Å². The molecule has 1 N–H and O–H groups in total. The number of nitrogens with one attached hydrogen (secondary N) is 1. The fraction of sp³-hybridized carbons (Fsp3) is 0.296. The van der Waals surface area contributed by atoms with Gasteiger partial charge >= 0.3 is 12.1 Å². The number of amides is 2. The zero-order valence-electron chi connectivity index (χ0n) is 20.1. The van der Waals surface area contributed by atoms with E-state index in [0.717, 1.165) is 29.0 Å². The van der Waals surface area contributed by atoms with Crippen LogP contribution in [0.2, 0.25) is 0 Å². The highest BCUT2D eigenvalue weighted by Crippen LogP contribution is 2.32. The van der Waals surface area contributed by atoms with Crippen molar-refractivity contribution in [1.82, 2.24) is 4.90 Å². The van der Waals surface area contributed by atoms with Crippen molar-refractivity contribution >= 4 is 23.5 Å². The summed E-state index contributed by atoms with van der Waals surface area (Å²) in [5.74, 6) is 0.295. The molecule has 4 rings (SSSR count). The number of furan rings is 1. The van der Waals surface area contributed by atoms with Crippen LogP contribution in [0.15, 0.2) is 59.0 Å². The highest BCUT2D eigenvalue weighted by molar-refractivity contribution is 5.94. The maximum absolute atomic E-state index is 12.8. The summed E-state index contributed by atoms with van der Waals surface area (Å²) in [6, 6.07) is 13.1. The van der Waals surface area contributed by atoms with Crippen LogP contribution in [0.5, 0.6) is 0 Å². The van der Waals surface area contributed by atoms with Gasteiger partial charge in [0.15, 0.2) is 0 Å². The zero-order chi connectivity index (χ0) is 26.6. The Kier molecular flexibility index (Phi) is 7.66. The third-order valence-corrected chi connectivity index (χ3v) is 5.93. The molecule has 0 atom stereocenters. The maximum Gasteiger partial charge on any atom is 0.416 e. The van der Waals surface area contributed by atoms with E-state index in [-0.39, 0.29) is 43.4 Å². The second-order valence-corrected chi connectivity index (χ2v) is 8.54. The van der Waals surface area contributed by atoms with E-state index in [0.29, 0.717) is 24.4 Å². The van der Waals surface area contributed by atoms with Crippen molar-refractivity contribution in [3.63, 3.8) is 0 Å². The number of hydrogen-bond acceptors (Lipinski definition) is 5. The van der Waals surface area contributed by atoms with Crippen molar-refractivity contribution in [3.8, 4) is 11.3 Å². The Hall–Kier alpha value is -4.08. The highest BCUT2D eigenvalue weighted by Gasteiger charge is 2.31. The number of fused-ring (bicyclic) bond motifs is 1. The number of ether oxygens (including phenoxy) is 1. The lowest BCUT2D eigenvalue weighted by molar-refractivity contribution is -0.144. The Labute approximate surface area is 211 Å². The van der Waals surface area contributed by atoms with Crippen LogP contribution < -0.4 is 5.32 Å². The summed E-state index contributed by atoms with van der Waals surface area (Å²) in [6.45, 7) is 2.64. The van der Waals surface area contributed by atoms with Crippen molar-refractivity contribution < 1.29 is 36.7 Å². The number of benzene rings is 2. The molecule has 2 aromatic carbocycles. The molecule has 2 amide bonds. The van der Waals surface area contributed by atoms with Crippen LogP contribution in [-0.2, 0) is 33.5 Å². The number of esters is 1. The average Bonchev–Trinajstić information content (AvgIpc) is 3.31. The number of carbonyl (C=O) groups excluding carboxylic acids is 3. The highest BCUT2D eigenvalue weighted by atomic mass is 19.4. The summed E-state index contributed by atoms with van der Waals surface area (Å²) in [7, 11) is 0. The van der Waals surface area contributed by atoms with Crippen molar-refractivity contribution in [2.75, 3.05) is 18.5 Å². The molecule has 0 aliphatic carbocycles. The molecule has 0 spiro atoms. The number of halogens is 3. The minimum atomic E-state index is -4.46. The fourth-order valence-corrected chi connectivity index (χ4v) is 4.02. The van der Waals surface area contributed by atoms with Gasteiger partial charge in [-0.05, 0) is 61.5 Å². The normalized spacial score (nSPS) is 13.1. The topological polar surface area (TPSA) is 88.8 Å². The number of carbonyl (C=O) groups is 3. The first-order valence-corrected chi connectivity index (χ1v) is 11.8. The molecule has 10 heteroatoms. The van der Waals surface area contributed by atoms with E-state index < -0.39 is 17.7 Å². The third-order valence-electron chi connectivity index (χ3n) is 5.93. The van der Waals surface area contributed by atoms with Crippen LogP contribution in [0.3, 0.4) is 0 Å². The monoisotopic (exact) mass is 514 g/mol. The number of rotatable bonds is 7. The number of hydrogen-bond donors (Lipinski definition) is 1. The van der Waals surface area contributed by atoms with Gasteiger partial charge in [-0.25, -0.2) is 0 Å². The van der Waals surface area contributed by atoms with Gasteiger partial charge in [-0.15, -0.1) is 0 Å². The molecule has 37 heavy (non-hydrogen) atoms. The largest absolute Gasteiger partial charge is 0.466 e. The van der Waals surface area contributed by atoms with E-state index in [9.17, 15) is 27.6 Å². The molecule has 2 heterocycles. The van der Waals surface area contributed by atoms with E-state index in [1.165, 1.54) is 12.1 Å². The molecule has 3 aromatic rings. The molecule has 1 aliphatic rings. The summed E-state index contributed by atoms with van der Waals surface area (Å²) in [5, 5.41) is 2.73. The van der Waals surface area contributed by atoms with Crippen LogP contribution in [0.1, 0.15) is 47.0 Å². The first-order valence-electron chi connectivity index (χ1n) is 11.8. The van der Waals surface area contributed by atoms with Crippen molar-refractivity contribution in [2.45, 2.75) is 38.9 Å². The summed E-state index contributed by atoms with van der Waals surface area (Å²) in [4.78, 5) is 37.9. The Morgan fingerprint density at radius 2 is 1.73 bits per heavy atom. The van der Waals surface area contributed by atoms with Crippen molar-refractivity contribution in [3.05, 3.63) is 77.0 Å². The van der Waals surface area contributed by atoms with Crippen molar-refractivity contribution in [2.24, 2.45) is 0 Å². The fourth-order valence-electron chi connectivity index (χ4n) is 4.02. The molecule has 0 fully saturated rings. The number of anilines is 1. The first kappa shape index (κ1) is 26.0. The summed E-state index contributed by atoms with van der Waals surface area (Å²) >= 11 is 0. The Balaban J connectivity index is 1.37. The Morgan fingerprint density at radius 1 is 1.03 bits per heavy atom. The average molecular weight is 515 g/mol. The van der Waals surface area contributed by atoms with E-state index in [1.54, 1.807) is 36.1 Å². The lowest BCUT2D eigenvalue weighted by Crippen LogP contribution is -2.35. The van der Waals surface area contributed by atoms with Gasteiger partial charge in [0.05, 0.1) is 18.6 Å². The van der Waals surface area contributed by atoms with Gasteiger partial charge in [-0.3, -0.25) is 14.4 Å². The predicted molar refractivity (Wildman–Crippen MR) is 129 cm³/mol. The maximum atomic E-state index is 12.8. The molecule has 0 radical (unpaired) electrons. The minimum Gasteiger partial charge on any atom is -0.466 e. The van der Waals surface area contributed by atoms with Gasteiger partial charge in [-0.2, -0.15) is 13.2 Å². The summed E-state index contributed by atoms with van der Waals surface area (Å²) in [5.41, 5.74) is 1.58. The predicted octanol–water partition coefficient (Wildman–Crippen LogP) is 5.45. The minimum absolute atomic E-state index is 0.00803. The van der Waals surface area contributed by atoms with Crippen molar-refractivity contribution in [1.29, 1.82) is 0 Å². The second-order valence-electron chi connectivity index (χ2n) is 8.54. The SMILES string of the molecule is CCOC(=O)CCC(=O)Nc1ccc(-c2cc3c(o2)CCN(C(=O)c2ccc(C(F)(F)F)cc2)C3)cc1. The molecular weight excluding hydrogens is 489 g/mol. The van der Waals surface area contributed by atoms with E-state index in [2.05, 4.69) is 5.32 Å². The van der Waals surface area contributed by atoms with Crippen LogP contribution >= 0.6 is 0 Å². The Bertz CT molecular complexity index is 1280. The van der Waals surface area contributed by atoms with Crippen LogP contribution in [0, 0.1) is 0 Å². The first-order chi connectivity index (χ1) is 17.6. The molecule has 0 unspecified atom stereocenters. The molecule has 194 valence electrons. The summed E-state index contributed by atoms with van der Waals surface area (Å²) in [6.07, 6.45) is -3.94. The lowest BCUT2D eigenvalue weighted by Gasteiger charge is -2.26.